The monoisotopic (exact) mass is 420 g/mol. The SMILES string of the molecule is O=c1c2ccccc2cnn1CN1CCN(S(=O)(=O)c2ccc(F)c(F)c2)CC1. The highest BCUT2D eigenvalue weighted by Gasteiger charge is 2.29. The molecule has 1 aliphatic heterocycles. The number of benzene rings is 2. The minimum atomic E-state index is -3.92. The molecule has 2 aromatic carbocycles. The second kappa shape index (κ2) is 7.62. The van der Waals surface area contributed by atoms with Crippen LogP contribution in [0.25, 0.3) is 10.8 Å². The van der Waals surface area contributed by atoms with Crippen LogP contribution in [0.2, 0.25) is 0 Å². The zero-order valence-corrected chi connectivity index (χ0v) is 16.1. The van der Waals surface area contributed by atoms with Gasteiger partial charge < -0.3 is 0 Å². The quantitative estimate of drug-likeness (QED) is 0.642. The van der Waals surface area contributed by atoms with E-state index in [0.29, 0.717) is 24.5 Å². The minimum absolute atomic E-state index is 0.170. The fourth-order valence-corrected chi connectivity index (χ4v) is 4.75. The Hall–Kier alpha value is -2.69. The molecular formula is C19H18F2N4O3S. The number of halogens is 2. The van der Waals surface area contributed by atoms with Crippen molar-refractivity contribution < 1.29 is 17.2 Å². The van der Waals surface area contributed by atoms with Crippen molar-refractivity contribution in [2.75, 3.05) is 26.2 Å². The molecule has 10 heteroatoms. The topological polar surface area (TPSA) is 75.5 Å². The highest BCUT2D eigenvalue weighted by molar-refractivity contribution is 7.89. The van der Waals surface area contributed by atoms with E-state index in [1.54, 1.807) is 18.3 Å². The van der Waals surface area contributed by atoms with E-state index < -0.39 is 21.7 Å². The van der Waals surface area contributed by atoms with Crippen LogP contribution in [0.15, 0.2) is 58.4 Å². The molecular weight excluding hydrogens is 402 g/mol. The summed E-state index contributed by atoms with van der Waals surface area (Å²) in [4.78, 5) is 14.2. The van der Waals surface area contributed by atoms with Crippen LogP contribution in [0.4, 0.5) is 8.78 Å². The average Bonchev–Trinajstić information content (AvgIpc) is 2.72. The first-order valence-electron chi connectivity index (χ1n) is 8.99. The van der Waals surface area contributed by atoms with Crippen molar-refractivity contribution in [2.45, 2.75) is 11.6 Å². The third-order valence-electron chi connectivity index (χ3n) is 4.96. The molecule has 0 amide bonds. The minimum Gasteiger partial charge on any atom is -0.282 e. The summed E-state index contributed by atoms with van der Waals surface area (Å²) >= 11 is 0. The predicted octanol–water partition coefficient (Wildman–Crippen LogP) is 1.64. The molecule has 7 nitrogen and oxygen atoms in total. The second-order valence-electron chi connectivity index (χ2n) is 6.78. The molecule has 3 aromatic rings. The predicted molar refractivity (Wildman–Crippen MR) is 103 cm³/mol. The highest BCUT2D eigenvalue weighted by atomic mass is 32.2. The summed E-state index contributed by atoms with van der Waals surface area (Å²) in [6.45, 7) is 1.34. The van der Waals surface area contributed by atoms with E-state index in [1.807, 2.05) is 17.0 Å². The van der Waals surface area contributed by atoms with E-state index >= 15 is 0 Å². The van der Waals surface area contributed by atoms with E-state index in [0.717, 1.165) is 17.5 Å². The van der Waals surface area contributed by atoms with Crippen LogP contribution in [0, 0.1) is 11.6 Å². The zero-order valence-electron chi connectivity index (χ0n) is 15.3. The maximum Gasteiger partial charge on any atom is 0.275 e. The molecule has 4 rings (SSSR count). The molecule has 0 spiro atoms. The van der Waals surface area contributed by atoms with Gasteiger partial charge in [0.15, 0.2) is 11.6 Å². The van der Waals surface area contributed by atoms with Crippen molar-refractivity contribution in [2.24, 2.45) is 0 Å². The van der Waals surface area contributed by atoms with Gasteiger partial charge in [-0.25, -0.2) is 21.9 Å². The number of sulfonamides is 1. The van der Waals surface area contributed by atoms with Crippen LogP contribution < -0.4 is 5.56 Å². The van der Waals surface area contributed by atoms with Crippen molar-refractivity contribution >= 4 is 20.8 Å². The summed E-state index contributed by atoms with van der Waals surface area (Å²) in [5, 5.41) is 5.52. The van der Waals surface area contributed by atoms with Gasteiger partial charge >= 0.3 is 0 Å². The molecule has 0 unspecified atom stereocenters. The molecule has 0 N–H and O–H groups in total. The Labute approximate surface area is 165 Å². The highest BCUT2D eigenvalue weighted by Crippen LogP contribution is 2.20. The summed E-state index contributed by atoms with van der Waals surface area (Å²) < 4.78 is 54.4. The molecule has 1 saturated heterocycles. The van der Waals surface area contributed by atoms with Crippen LogP contribution in [0.1, 0.15) is 0 Å². The molecule has 1 aliphatic rings. The van der Waals surface area contributed by atoms with Gasteiger partial charge in [0.1, 0.15) is 0 Å². The number of hydrogen-bond acceptors (Lipinski definition) is 5. The summed E-state index contributed by atoms with van der Waals surface area (Å²) in [5.74, 6) is -2.30. The molecule has 1 fully saturated rings. The third-order valence-corrected chi connectivity index (χ3v) is 6.85. The number of rotatable bonds is 4. The van der Waals surface area contributed by atoms with Crippen molar-refractivity contribution in [3.63, 3.8) is 0 Å². The van der Waals surface area contributed by atoms with Crippen LogP contribution in [0.5, 0.6) is 0 Å². The maximum atomic E-state index is 13.4. The van der Waals surface area contributed by atoms with E-state index in [2.05, 4.69) is 5.10 Å². The first-order chi connectivity index (χ1) is 13.9. The Balaban J connectivity index is 1.46. The number of nitrogens with zero attached hydrogens (tertiary/aromatic N) is 4. The Bertz CT molecular complexity index is 1220. The standard InChI is InChI=1S/C19H18F2N4O3S/c20-17-6-5-15(11-18(17)21)29(27,28)24-9-7-23(8-10-24)13-25-19(26)16-4-2-1-3-14(16)12-22-25/h1-6,11-12H,7-10,13H2. The molecule has 152 valence electrons. The molecule has 2 heterocycles. The molecule has 0 aliphatic carbocycles. The number of hydrogen-bond donors (Lipinski definition) is 0. The number of fused-ring (bicyclic) bond motifs is 1. The normalized spacial score (nSPS) is 16.3. The zero-order chi connectivity index (χ0) is 20.6. The van der Waals surface area contributed by atoms with Crippen LogP contribution >= 0.6 is 0 Å². The third kappa shape index (κ3) is 3.78. The Morgan fingerprint density at radius 1 is 0.966 bits per heavy atom. The van der Waals surface area contributed by atoms with Crippen LogP contribution in [-0.2, 0) is 16.7 Å². The van der Waals surface area contributed by atoms with Crippen molar-refractivity contribution in [3.8, 4) is 0 Å². The fourth-order valence-electron chi connectivity index (χ4n) is 3.32. The lowest BCUT2D eigenvalue weighted by Gasteiger charge is -2.33. The maximum absolute atomic E-state index is 13.4. The number of piperazine rings is 1. The van der Waals surface area contributed by atoms with Gasteiger partial charge in [0.2, 0.25) is 10.0 Å². The van der Waals surface area contributed by atoms with E-state index in [4.69, 9.17) is 0 Å². The van der Waals surface area contributed by atoms with Crippen molar-refractivity contribution in [3.05, 3.63) is 70.6 Å². The van der Waals surface area contributed by atoms with Crippen molar-refractivity contribution in [1.29, 1.82) is 0 Å². The smallest absolute Gasteiger partial charge is 0.275 e. The number of aromatic nitrogens is 2. The fraction of sp³-hybridized carbons (Fsp3) is 0.263. The molecule has 0 saturated carbocycles. The van der Waals surface area contributed by atoms with Gasteiger partial charge in [0.25, 0.3) is 5.56 Å². The second-order valence-corrected chi connectivity index (χ2v) is 8.71. The van der Waals surface area contributed by atoms with Gasteiger partial charge in [0, 0.05) is 31.6 Å². The molecule has 0 bridgehead atoms. The largest absolute Gasteiger partial charge is 0.282 e. The van der Waals surface area contributed by atoms with Crippen LogP contribution in [-0.4, -0.2) is 53.6 Å². The lowest BCUT2D eigenvalue weighted by Crippen LogP contribution is -2.49. The van der Waals surface area contributed by atoms with Gasteiger partial charge in [-0.15, -0.1) is 0 Å². The lowest BCUT2D eigenvalue weighted by molar-refractivity contribution is 0.143. The summed E-state index contributed by atoms with van der Waals surface area (Å²) in [6, 6.07) is 9.72. The molecule has 29 heavy (non-hydrogen) atoms. The van der Waals surface area contributed by atoms with Gasteiger partial charge in [0.05, 0.1) is 23.1 Å². The van der Waals surface area contributed by atoms with Crippen molar-refractivity contribution in [1.82, 2.24) is 19.0 Å². The summed E-state index contributed by atoms with van der Waals surface area (Å²) in [6.07, 6.45) is 1.63. The van der Waals surface area contributed by atoms with E-state index in [1.165, 1.54) is 8.99 Å². The Morgan fingerprint density at radius 2 is 1.69 bits per heavy atom. The molecule has 0 radical (unpaired) electrons. The Kier molecular flexibility index (Phi) is 5.15. The van der Waals surface area contributed by atoms with Gasteiger partial charge in [-0.05, 0) is 24.3 Å². The Morgan fingerprint density at radius 3 is 2.41 bits per heavy atom. The summed E-state index contributed by atoms with van der Waals surface area (Å²) in [5.41, 5.74) is -0.208. The van der Waals surface area contributed by atoms with E-state index in [9.17, 15) is 22.0 Å². The summed E-state index contributed by atoms with van der Waals surface area (Å²) in [7, 11) is -3.92. The van der Waals surface area contributed by atoms with Crippen LogP contribution in [0.3, 0.4) is 0 Å². The molecule has 0 atom stereocenters. The van der Waals surface area contributed by atoms with E-state index in [-0.39, 0.29) is 30.2 Å². The first kappa shape index (κ1) is 19.6. The molecule has 1 aromatic heterocycles. The van der Waals surface area contributed by atoms with Gasteiger partial charge in [-0.1, -0.05) is 18.2 Å². The average molecular weight is 420 g/mol. The lowest BCUT2D eigenvalue weighted by atomic mass is 10.2. The van der Waals surface area contributed by atoms with Gasteiger partial charge in [-0.2, -0.15) is 9.40 Å². The van der Waals surface area contributed by atoms with Gasteiger partial charge in [-0.3, -0.25) is 9.69 Å². The first-order valence-corrected chi connectivity index (χ1v) is 10.4.